The number of hydrogen-bond acceptors (Lipinski definition) is 3. The minimum absolute atomic E-state index is 0.212. The van der Waals surface area contributed by atoms with Gasteiger partial charge in [-0.2, -0.15) is 0 Å². The van der Waals surface area contributed by atoms with Crippen LogP contribution in [0.2, 0.25) is 10.0 Å². The van der Waals surface area contributed by atoms with Crippen molar-refractivity contribution in [2.45, 2.75) is 0 Å². The minimum atomic E-state index is -0.415. The standard InChI is InChI=1S/C14H11Cl2N3O/c15-10-2-1-3-11(16)13(10)14(20)19-9-4-5-12(18)8(6-9)7-17/h1-7,17H,18H2,(H,19,20). The van der Waals surface area contributed by atoms with Crippen molar-refractivity contribution < 1.29 is 4.79 Å². The Balaban J connectivity index is 2.30. The number of carbonyl (C=O) groups is 1. The smallest absolute Gasteiger partial charge is 0.258 e. The van der Waals surface area contributed by atoms with Gasteiger partial charge in [0.05, 0.1) is 15.6 Å². The Bertz CT molecular complexity index is 666. The quantitative estimate of drug-likeness (QED) is 0.595. The van der Waals surface area contributed by atoms with Crippen LogP contribution in [0, 0.1) is 5.41 Å². The van der Waals surface area contributed by atoms with E-state index in [1.54, 1.807) is 36.4 Å². The highest BCUT2D eigenvalue weighted by Gasteiger charge is 2.14. The van der Waals surface area contributed by atoms with Crippen LogP contribution in [0.4, 0.5) is 11.4 Å². The molecule has 102 valence electrons. The summed E-state index contributed by atoms with van der Waals surface area (Å²) in [6.45, 7) is 0. The molecule has 1 amide bonds. The summed E-state index contributed by atoms with van der Waals surface area (Å²) in [6.07, 6.45) is 1.12. The highest BCUT2D eigenvalue weighted by atomic mass is 35.5. The number of anilines is 2. The summed E-state index contributed by atoms with van der Waals surface area (Å²) >= 11 is 11.9. The van der Waals surface area contributed by atoms with E-state index in [-0.39, 0.29) is 15.6 Å². The summed E-state index contributed by atoms with van der Waals surface area (Å²) in [6, 6.07) is 9.71. The number of carbonyl (C=O) groups excluding carboxylic acids is 1. The van der Waals surface area contributed by atoms with Crippen molar-refractivity contribution in [3.05, 3.63) is 57.6 Å². The molecule has 0 bridgehead atoms. The van der Waals surface area contributed by atoms with E-state index in [2.05, 4.69) is 5.32 Å². The fourth-order valence-corrected chi connectivity index (χ4v) is 2.25. The van der Waals surface area contributed by atoms with Crippen LogP contribution in [0.15, 0.2) is 36.4 Å². The molecular formula is C14H11Cl2N3O. The van der Waals surface area contributed by atoms with Crippen molar-refractivity contribution in [3.8, 4) is 0 Å². The zero-order valence-corrected chi connectivity index (χ0v) is 11.8. The van der Waals surface area contributed by atoms with Gasteiger partial charge in [0.15, 0.2) is 0 Å². The SMILES string of the molecule is N=Cc1cc(NC(=O)c2c(Cl)cccc2Cl)ccc1N. The third-order valence-corrected chi connectivity index (χ3v) is 3.32. The van der Waals surface area contributed by atoms with Crippen molar-refractivity contribution in [2.24, 2.45) is 0 Å². The molecule has 0 fully saturated rings. The minimum Gasteiger partial charge on any atom is -0.398 e. The molecule has 0 aliphatic heterocycles. The Labute approximate surface area is 126 Å². The molecule has 0 unspecified atom stereocenters. The first-order valence-electron chi connectivity index (χ1n) is 5.68. The second kappa shape index (κ2) is 5.94. The average Bonchev–Trinajstić information content (AvgIpc) is 2.40. The van der Waals surface area contributed by atoms with E-state index in [9.17, 15) is 4.79 Å². The Morgan fingerprint density at radius 1 is 1.20 bits per heavy atom. The van der Waals surface area contributed by atoms with Crippen molar-refractivity contribution in [3.63, 3.8) is 0 Å². The normalized spacial score (nSPS) is 10.1. The van der Waals surface area contributed by atoms with Crippen LogP contribution in [0.3, 0.4) is 0 Å². The predicted octanol–water partition coefficient (Wildman–Crippen LogP) is 3.83. The lowest BCUT2D eigenvalue weighted by Crippen LogP contribution is -2.13. The number of nitrogen functional groups attached to an aromatic ring is 1. The van der Waals surface area contributed by atoms with Crippen LogP contribution in [-0.2, 0) is 0 Å². The molecule has 0 saturated carbocycles. The van der Waals surface area contributed by atoms with E-state index < -0.39 is 5.91 Å². The van der Waals surface area contributed by atoms with Crippen molar-refractivity contribution in [1.82, 2.24) is 0 Å². The van der Waals surface area contributed by atoms with Gasteiger partial charge in [-0.3, -0.25) is 4.79 Å². The van der Waals surface area contributed by atoms with Gasteiger partial charge < -0.3 is 16.5 Å². The van der Waals surface area contributed by atoms with E-state index in [1.165, 1.54) is 0 Å². The Morgan fingerprint density at radius 3 is 2.45 bits per heavy atom. The van der Waals surface area contributed by atoms with Crippen LogP contribution < -0.4 is 11.1 Å². The summed E-state index contributed by atoms with van der Waals surface area (Å²) in [5, 5.41) is 10.5. The average molecular weight is 308 g/mol. The Morgan fingerprint density at radius 2 is 1.85 bits per heavy atom. The lowest BCUT2D eigenvalue weighted by Gasteiger charge is -2.09. The zero-order valence-electron chi connectivity index (χ0n) is 10.3. The van der Waals surface area contributed by atoms with Crippen LogP contribution in [0.5, 0.6) is 0 Å². The molecule has 4 nitrogen and oxygen atoms in total. The third kappa shape index (κ3) is 2.92. The maximum absolute atomic E-state index is 12.2. The lowest BCUT2D eigenvalue weighted by atomic mass is 10.1. The molecule has 2 aromatic rings. The highest BCUT2D eigenvalue weighted by Crippen LogP contribution is 2.25. The summed E-state index contributed by atoms with van der Waals surface area (Å²) in [5.74, 6) is -0.415. The molecule has 0 aliphatic carbocycles. The van der Waals surface area contributed by atoms with E-state index in [4.69, 9.17) is 34.3 Å². The summed E-state index contributed by atoms with van der Waals surface area (Å²) < 4.78 is 0. The van der Waals surface area contributed by atoms with Gasteiger partial charge in [-0.25, -0.2) is 0 Å². The molecule has 6 heteroatoms. The monoisotopic (exact) mass is 307 g/mol. The highest BCUT2D eigenvalue weighted by molar-refractivity contribution is 6.40. The van der Waals surface area contributed by atoms with E-state index in [1.807, 2.05) is 0 Å². The number of nitrogens with two attached hydrogens (primary N) is 1. The van der Waals surface area contributed by atoms with E-state index >= 15 is 0 Å². The van der Waals surface area contributed by atoms with Gasteiger partial charge in [0, 0.05) is 23.2 Å². The summed E-state index contributed by atoms with van der Waals surface area (Å²) in [4.78, 5) is 12.2. The predicted molar refractivity (Wildman–Crippen MR) is 83.2 cm³/mol. The molecule has 0 saturated heterocycles. The molecule has 0 heterocycles. The van der Waals surface area contributed by atoms with Crippen molar-refractivity contribution in [1.29, 1.82) is 5.41 Å². The van der Waals surface area contributed by atoms with Crippen LogP contribution >= 0.6 is 23.2 Å². The molecule has 0 atom stereocenters. The number of amides is 1. The molecule has 0 aliphatic rings. The molecule has 0 aromatic heterocycles. The number of rotatable bonds is 3. The van der Waals surface area contributed by atoms with Crippen molar-refractivity contribution in [2.75, 3.05) is 11.1 Å². The van der Waals surface area contributed by atoms with Gasteiger partial charge in [0.25, 0.3) is 5.91 Å². The lowest BCUT2D eigenvalue weighted by molar-refractivity contribution is 0.102. The largest absolute Gasteiger partial charge is 0.398 e. The first kappa shape index (κ1) is 14.4. The maximum Gasteiger partial charge on any atom is 0.258 e. The molecular weight excluding hydrogens is 297 g/mol. The van der Waals surface area contributed by atoms with Gasteiger partial charge in [-0.05, 0) is 30.3 Å². The Hall–Kier alpha value is -2.04. The van der Waals surface area contributed by atoms with Gasteiger partial charge in [-0.1, -0.05) is 29.3 Å². The second-order valence-corrected chi connectivity index (χ2v) is 4.85. The first-order valence-corrected chi connectivity index (χ1v) is 6.44. The number of hydrogen-bond donors (Lipinski definition) is 3. The number of benzene rings is 2. The summed E-state index contributed by atoms with van der Waals surface area (Å²) in [7, 11) is 0. The van der Waals surface area contributed by atoms with Crippen LogP contribution in [-0.4, -0.2) is 12.1 Å². The second-order valence-electron chi connectivity index (χ2n) is 4.04. The van der Waals surface area contributed by atoms with E-state index in [0.717, 1.165) is 6.21 Å². The van der Waals surface area contributed by atoms with Gasteiger partial charge in [0.1, 0.15) is 0 Å². The molecule has 20 heavy (non-hydrogen) atoms. The molecule has 4 N–H and O–H groups in total. The third-order valence-electron chi connectivity index (χ3n) is 2.69. The first-order chi connectivity index (χ1) is 9.52. The van der Waals surface area contributed by atoms with Gasteiger partial charge in [-0.15, -0.1) is 0 Å². The molecule has 0 spiro atoms. The number of nitrogens with one attached hydrogen (secondary N) is 2. The maximum atomic E-state index is 12.2. The summed E-state index contributed by atoms with van der Waals surface area (Å²) in [5.41, 5.74) is 7.40. The zero-order chi connectivity index (χ0) is 14.7. The van der Waals surface area contributed by atoms with Crippen LogP contribution in [0.25, 0.3) is 0 Å². The fourth-order valence-electron chi connectivity index (χ4n) is 1.69. The molecule has 0 radical (unpaired) electrons. The van der Waals surface area contributed by atoms with Crippen molar-refractivity contribution >= 4 is 46.7 Å². The fraction of sp³-hybridized carbons (Fsp3) is 0. The Kier molecular flexibility index (Phi) is 4.27. The topological polar surface area (TPSA) is 79.0 Å². The van der Waals surface area contributed by atoms with Crippen LogP contribution in [0.1, 0.15) is 15.9 Å². The van der Waals surface area contributed by atoms with Gasteiger partial charge >= 0.3 is 0 Å². The molecule has 2 rings (SSSR count). The number of halogens is 2. The molecule has 2 aromatic carbocycles. The van der Waals surface area contributed by atoms with E-state index in [0.29, 0.717) is 16.9 Å². The van der Waals surface area contributed by atoms with Gasteiger partial charge in [0.2, 0.25) is 0 Å².